The van der Waals surface area contributed by atoms with Gasteiger partial charge in [-0.3, -0.25) is 4.98 Å². The molecule has 0 aliphatic heterocycles. The summed E-state index contributed by atoms with van der Waals surface area (Å²) in [4.78, 5) is 4.17. The maximum Gasteiger partial charge on any atom is 0.424 e. The molecule has 3 aromatic carbocycles. The van der Waals surface area contributed by atoms with E-state index in [2.05, 4.69) is 10.1 Å². The van der Waals surface area contributed by atoms with E-state index in [0.29, 0.717) is 27.5 Å². The molecule has 0 fully saturated rings. The van der Waals surface area contributed by atoms with Crippen molar-refractivity contribution in [3.63, 3.8) is 0 Å². The lowest BCUT2D eigenvalue weighted by Crippen LogP contribution is -2.47. The van der Waals surface area contributed by atoms with Crippen LogP contribution >= 0.6 is 0 Å². The Morgan fingerprint density at radius 2 is 1.68 bits per heavy atom. The first-order chi connectivity index (χ1) is 16.3. The van der Waals surface area contributed by atoms with Gasteiger partial charge in [0.2, 0.25) is 5.60 Å². The summed E-state index contributed by atoms with van der Waals surface area (Å²) < 4.78 is 62.5. The van der Waals surface area contributed by atoms with Crippen molar-refractivity contribution in [3.8, 4) is 11.4 Å². The van der Waals surface area contributed by atoms with E-state index >= 15 is 0 Å². The largest absolute Gasteiger partial charge is 0.488 e. The maximum atomic E-state index is 14.1. The fraction of sp³-hybridized carbons (Fsp3) is 0.120. The van der Waals surface area contributed by atoms with Crippen LogP contribution in [0.4, 0.5) is 17.6 Å². The Bertz CT molecular complexity index is 1480. The number of rotatable bonds is 5. The number of alkyl halides is 3. The van der Waals surface area contributed by atoms with Gasteiger partial charge in [0.1, 0.15) is 23.7 Å². The minimum Gasteiger partial charge on any atom is -0.488 e. The summed E-state index contributed by atoms with van der Waals surface area (Å²) in [5, 5.41) is 16.1. The Balaban J connectivity index is 1.51. The smallest absolute Gasteiger partial charge is 0.424 e. The lowest BCUT2D eigenvalue weighted by atomic mass is 9.93. The number of aromatic nitrogens is 3. The second kappa shape index (κ2) is 8.11. The minimum absolute atomic E-state index is 0.131. The molecule has 5 nitrogen and oxygen atoms in total. The highest BCUT2D eigenvalue weighted by atomic mass is 19.4. The van der Waals surface area contributed by atoms with Crippen molar-refractivity contribution in [2.45, 2.75) is 11.8 Å². The van der Waals surface area contributed by atoms with Crippen molar-refractivity contribution < 1.29 is 27.4 Å². The average Bonchev–Trinajstić information content (AvgIpc) is 3.25. The molecular formula is C25H17F4N3O2. The number of para-hydroxylation sites is 1. The topological polar surface area (TPSA) is 60.2 Å². The van der Waals surface area contributed by atoms with E-state index in [1.54, 1.807) is 24.3 Å². The SMILES string of the molecule is OC(COc1cccc2cccnc12)(c1ccc2c(cnn2-c2ccc(F)cc2)c1)C(F)(F)F. The summed E-state index contributed by atoms with van der Waals surface area (Å²) >= 11 is 0. The van der Waals surface area contributed by atoms with Crippen LogP contribution in [0.25, 0.3) is 27.5 Å². The fourth-order valence-electron chi connectivity index (χ4n) is 3.78. The molecule has 0 aliphatic rings. The third-order valence-electron chi connectivity index (χ3n) is 5.62. The molecule has 1 N–H and O–H groups in total. The molecule has 34 heavy (non-hydrogen) atoms. The van der Waals surface area contributed by atoms with Crippen molar-refractivity contribution in [2.24, 2.45) is 0 Å². The molecule has 0 aliphatic carbocycles. The highest BCUT2D eigenvalue weighted by Gasteiger charge is 2.56. The van der Waals surface area contributed by atoms with Gasteiger partial charge in [0, 0.05) is 17.0 Å². The highest BCUT2D eigenvalue weighted by molar-refractivity contribution is 5.84. The first-order valence-corrected chi connectivity index (χ1v) is 10.3. The van der Waals surface area contributed by atoms with Crippen molar-refractivity contribution in [1.82, 2.24) is 14.8 Å². The number of benzene rings is 3. The normalized spacial score (nSPS) is 13.8. The molecule has 1 atom stereocenters. The number of halogens is 4. The Labute approximate surface area is 190 Å². The molecule has 2 aromatic heterocycles. The van der Waals surface area contributed by atoms with Gasteiger partial charge in [0.05, 0.1) is 17.4 Å². The van der Waals surface area contributed by atoms with E-state index in [1.807, 2.05) is 0 Å². The Morgan fingerprint density at radius 1 is 0.912 bits per heavy atom. The van der Waals surface area contributed by atoms with Crippen LogP contribution in [-0.4, -0.2) is 32.7 Å². The van der Waals surface area contributed by atoms with Gasteiger partial charge < -0.3 is 9.84 Å². The zero-order valence-corrected chi connectivity index (χ0v) is 17.5. The van der Waals surface area contributed by atoms with E-state index in [4.69, 9.17) is 4.74 Å². The molecule has 0 spiro atoms. The second-order valence-corrected chi connectivity index (χ2v) is 7.78. The third-order valence-corrected chi connectivity index (χ3v) is 5.62. The average molecular weight is 467 g/mol. The standard InChI is InChI=1S/C25H17F4N3O2/c26-19-7-9-20(10-8-19)32-21-11-6-18(13-17(21)14-31-32)24(33,25(27,28)29)15-34-22-5-1-3-16-4-2-12-30-23(16)22/h1-14,33H,15H2. The van der Waals surface area contributed by atoms with Gasteiger partial charge in [-0.15, -0.1) is 0 Å². The number of aliphatic hydroxyl groups is 1. The predicted octanol–water partition coefficient (Wildman–Crippen LogP) is 5.54. The molecule has 2 heterocycles. The third kappa shape index (κ3) is 3.73. The zero-order valence-electron chi connectivity index (χ0n) is 17.5. The molecule has 1 unspecified atom stereocenters. The molecule has 172 valence electrons. The number of fused-ring (bicyclic) bond motifs is 2. The van der Waals surface area contributed by atoms with E-state index in [9.17, 15) is 22.7 Å². The van der Waals surface area contributed by atoms with Crippen LogP contribution in [0.1, 0.15) is 5.56 Å². The first-order valence-electron chi connectivity index (χ1n) is 10.3. The number of hydrogen-bond donors (Lipinski definition) is 1. The van der Waals surface area contributed by atoms with Crippen molar-refractivity contribution in [1.29, 1.82) is 0 Å². The number of nitrogens with zero attached hydrogens (tertiary/aromatic N) is 3. The molecule has 0 amide bonds. The minimum atomic E-state index is -5.02. The van der Waals surface area contributed by atoms with Gasteiger partial charge in [-0.1, -0.05) is 24.3 Å². The van der Waals surface area contributed by atoms with Crippen LogP contribution in [0.2, 0.25) is 0 Å². The van der Waals surface area contributed by atoms with Crippen LogP contribution in [0.3, 0.4) is 0 Å². The van der Waals surface area contributed by atoms with E-state index < -0.39 is 24.2 Å². The highest BCUT2D eigenvalue weighted by Crippen LogP contribution is 2.41. The monoisotopic (exact) mass is 467 g/mol. The summed E-state index contributed by atoms with van der Waals surface area (Å²) in [6.45, 7) is -1.07. The lowest BCUT2D eigenvalue weighted by molar-refractivity contribution is -0.275. The van der Waals surface area contributed by atoms with Gasteiger partial charge in [-0.2, -0.15) is 18.3 Å². The van der Waals surface area contributed by atoms with Gasteiger partial charge in [-0.25, -0.2) is 9.07 Å². The maximum absolute atomic E-state index is 14.1. The Morgan fingerprint density at radius 3 is 2.44 bits per heavy atom. The summed E-state index contributed by atoms with van der Waals surface area (Å²) in [5.41, 5.74) is -2.23. The number of pyridine rings is 1. The summed E-state index contributed by atoms with van der Waals surface area (Å²) in [6.07, 6.45) is -2.13. The van der Waals surface area contributed by atoms with Crippen molar-refractivity contribution in [2.75, 3.05) is 6.61 Å². The van der Waals surface area contributed by atoms with Gasteiger partial charge in [0.15, 0.2) is 0 Å². The molecule has 9 heteroatoms. The van der Waals surface area contributed by atoms with Gasteiger partial charge in [-0.05, 0) is 54.1 Å². The van der Waals surface area contributed by atoms with Crippen LogP contribution in [0, 0.1) is 5.82 Å². The molecule has 0 bridgehead atoms. The first kappa shape index (κ1) is 21.8. The molecule has 5 aromatic rings. The van der Waals surface area contributed by atoms with Gasteiger partial charge >= 0.3 is 6.18 Å². The van der Waals surface area contributed by atoms with E-state index in [1.165, 1.54) is 65.6 Å². The molecule has 0 saturated heterocycles. The fourth-order valence-corrected chi connectivity index (χ4v) is 3.78. The molecular weight excluding hydrogens is 450 g/mol. The van der Waals surface area contributed by atoms with Crippen LogP contribution in [0.15, 0.2) is 85.2 Å². The van der Waals surface area contributed by atoms with Crippen LogP contribution in [-0.2, 0) is 5.60 Å². The number of hydrogen-bond acceptors (Lipinski definition) is 4. The zero-order chi connectivity index (χ0) is 23.9. The number of ether oxygens (including phenoxy) is 1. The van der Waals surface area contributed by atoms with Gasteiger partial charge in [0.25, 0.3) is 0 Å². The summed E-state index contributed by atoms with van der Waals surface area (Å²) in [6, 6.07) is 17.7. The van der Waals surface area contributed by atoms with Crippen molar-refractivity contribution in [3.05, 3.63) is 96.6 Å². The lowest BCUT2D eigenvalue weighted by Gasteiger charge is -2.31. The van der Waals surface area contributed by atoms with E-state index in [-0.39, 0.29) is 11.3 Å². The molecule has 5 rings (SSSR count). The molecule has 0 radical (unpaired) electrons. The Kier molecular flexibility index (Phi) is 5.21. The quantitative estimate of drug-likeness (QED) is 0.345. The summed E-state index contributed by atoms with van der Waals surface area (Å²) in [7, 11) is 0. The van der Waals surface area contributed by atoms with Crippen LogP contribution in [0.5, 0.6) is 5.75 Å². The van der Waals surface area contributed by atoms with E-state index in [0.717, 1.165) is 0 Å². The summed E-state index contributed by atoms with van der Waals surface area (Å²) in [5.74, 6) is -0.287. The van der Waals surface area contributed by atoms with Crippen LogP contribution < -0.4 is 4.74 Å². The molecule has 0 saturated carbocycles. The second-order valence-electron chi connectivity index (χ2n) is 7.78. The predicted molar refractivity (Wildman–Crippen MR) is 118 cm³/mol. The Hall–Kier alpha value is -3.98. The van der Waals surface area contributed by atoms with Crippen molar-refractivity contribution >= 4 is 21.8 Å².